The number of carbonyl (C=O) groups is 3. The number of hydrogen-bond donors (Lipinski definition) is 0. The second kappa shape index (κ2) is 8.31. The molecule has 26 heavy (non-hydrogen) atoms. The van der Waals surface area contributed by atoms with Crippen LogP contribution in [0.25, 0.3) is 0 Å². The summed E-state index contributed by atoms with van der Waals surface area (Å²) in [4.78, 5) is 40.3. The molecule has 0 radical (unpaired) electrons. The lowest BCUT2D eigenvalue weighted by atomic mass is 10.1. The van der Waals surface area contributed by atoms with Crippen LogP contribution in [-0.4, -0.2) is 59.9 Å². The summed E-state index contributed by atoms with van der Waals surface area (Å²) in [7, 11) is 0. The first-order chi connectivity index (χ1) is 12.5. The van der Waals surface area contributed by atoms with Crippen molar-refractivity contribution in [2.75, 3.05) is 26.2 Å². The molecule has 0 N–H and O–H groups in total. The maximum atomic E-state index is 12.4. The molecule has 0 aromatic heterocycles. The van der Waals surface area contributed by atoms with Gasteiger partial charge in [0.2, 0.25) is 5.91 Å². The normalized spacial score (nSPS) is 19.8. The van der Waals surface area contributed by atoms with Crippen LogP contribution in [0, 0.1) is 0 Å². The molecule has 2 aliphatic heterocycles. The van der Waals surface area contributed by atoms with E-state index in [-0.39, 0.29) is 30.4 Å². The van der Waals surface area contributed by atoms with Crippen LogP contribution in [-0.2, 0) is 9.53 Å². The molecule has 0 spiro atoms. The fraction of sp³-hybridized carbons (Fsp3) is 0.526. The number of ether oxygens (including phenoxy) is 1. The molecule has 6 nitrogen and oxygen atoms in total. The van der Waals surface area contributed by atoms with Crippen LogP contribution < -0.4 is 0 Å². The van der Waals surface area contributed by atoms with Crippen molar-refractivity contribution in [1.29, 1.82) is 0 Å². The Hall–Kier alpha value is -1.73. The molecule has 2 heterocycles. The van der Waals surface area contributed by atoms with E-state index < -0.39 is 0 Å². The van der Waals surface area contributed by atoms with Crippen molar-refractivity contribution >= 4 is 33.7 Å². The molecule has 1 saturated heterocycles. The number of nitrogens with zero attached hydrogens (tertiary/aromatic N) is 2. The molecule has 2 aliphatic rings. The maximum absolute atomic E-state index is 12.4. The van der Waals surface area contributed by atoms with E-state index in [1.807, 2.05) is 11.8 Å². The minimum Gasteiger partial charge on any atom is -0.377 e. The molecule has 3 amide bonds. The van der Waals surface area contributed by atoms with Gasteiger partial charge in [-0.15, -0.1) is 0 Å². The lowest BCUT2D eigenvalue weighted by Crippen LogP contribution is -2.43. The van der Waals surface area contributed by atoms with E-state index in [1.165, 1.54) is 4.90 Å². The van der Waals surface area contributed by atoms with Crippen molar-refractivity contribution < 1.29 is 19.1 Å². The number of fused-ring (bicyclic) bond motifs is 1. The van der Waals surface area contributed by atoms with Gasteiger partial charge in [-0.1, -0.05) is 15.9 Å². The van der Waals surface area contributed by atoms with E-state index in [9.17, 15) is 14.4 Å². The smallest absolute Gasteiger partial charge is 0.261 e. The van der Waals surface area contributed by atoms with Crippen molar-refractivity contribution in [2.24, 2.45) is 0 Å². The van der Waals surface area contributed by atoms with Gasteiger partial charge in [0.25, 0.3) is 11.8 Å². The average molecular weight is 423 g/mol. The predicted molar refractivity (Wildman–Crippen MR) is 100.0 cm³/mol. The van der Waals surface area contributed by atoms with Crippen LogP contribution in [0.5, 0.6) is 0 Å². The van der Waals surface area contributed by atoms with E-state index in [2.05, 4.69) is 15.9 Å². The van der Waals surface area contributed by atoms with Crippen molar-refractivity contribution in [3.63, 3.8) is 0 Å². The van der Waals surface area contributed by atoms with Gasteiger partial charge < -0.3 is 9.64 Å². The lowest BCUT2D eigenvalue weighted by molar-refractivity contribution is -0.135. The highest BCUT2D eigenvalue weighted by Crippen LogP contribution is 2.26. The van der Waals surface area contributed by atoms with Gasteiger partial charge in [-0.05, 0) is 44.4 Å². The Kier molecular flexibility index (Phi) is 6.09. The highest BCUT2D eigenvalue weighted by atomic mass is 79.9. The summed E-state index contributed by atoms with van der Waals surface area (Å²) in [5.74, 6) is -0.499. The second-order valence-corrected chi connectivity index (χ2v) is 7.53. The molecule has 1 aromatic rings. The highest BCUT2D eigenvalue weighted by molar-refractivity contribution is 9.10. The fourth-order valence-electron chi connectivity index (χ4n) is 3.55. The molecule has 0 aliphatic carbocycles. The van der Waals surface area contributed by atoms with Gasteiger partial charge in [-0.3, -0.25) is 19.3 Å². The standard InChI is InChI=1S/C19H23BrN2O4/c1-2-26-14-5-3-9-21(12-14)17(23)6-4-10-22-18(24)15-8-7-13(20)11-16(15)19(22)25/h7-8,11,14H,2-6,9-10,12H2,1H3. The first-order valence-electron chi connectivity index (χ1n) is 9.06. The monoisotopic (exact) mass is 422 g/mol. The Labute approximate surface area is 161 Å². The molecule has 0 saturated carbocycles. The molecular weight excluding hydrogens is 400 g/mol. The largest absolute Gasteiger partial charge is 0.377 e. The van der Waals surface area contributed by atoms with Gasteiger partial charge in [0.05, 0.1) is 17.2 Å². The zero-order valence-electron chi connectivity index (χ0n) is 14.9. The highest BCUT2D eigenvalue weighted by Gasteiger charge is 2.35. The third-order valence-corrected chi connectivity index (χ3v) is 5.33. The predicted octanol–water partition coefficient (Wildman–Crippen LogP) is 2.85. The van der Waals surface area contributed by atoms with E-state index in [0.717, 1.165) is 23.9 Å². The summed E-state index contributed by atoms with van der Waals surface area (Å²) in [6.45, 7) is 4.26. The zero-order chi connectivity index (χ0) is 18.7. The first-order valence-corrected chi connectivity index (χ1v) is 9.85. The van der Waals surface area contributed by atoms with Crippen molar-refractivity contribution in [2.45, 2.75) is 38.7 Å². The number of rotatable bonds is 6. The van der Waals surface area contributed by atoms with Gasteiger partial charge >= 0.3 is 0 Å². The van der Waals surface area contributed by atoms with E-state index in [4.69, 9.17) is 4.74 Å². The number of benzene rings is 1. The van der Waals surface area contributed by atoms with Gasteiger partial charge in [0.1, 0.15) is 0 Å². The number of likely N-dealkylation sites (tertiary alicyclic amines) is 1. The van der Waals surface area contributed by atoms with Gasteiger partial charge in [-0.25, -0.2) is 0 Å². The SMILES string of the molecule is CCOC1CCCN(C(=O)CCCN2C(=O)c3ccc(Br)cc3C2=O)C1. The van der Waals surface area contributed by atoms with Gasteiger partial charge in [0, 0.05) is 37.1 Å². The fourth-order valence-corrected chi connectivity index (χ4v) is 3.91. The summed E-state index contributed by atoms with van der Waals surface area (Å²) in [5.41, 5.74) is 0.853. The number of carbonyl (C=O) groups excluding carboxylic acids is 3. The van der Waals surface area contributed by atoms with Crippen LogP contribution in [0.2, 0.25) is 0 Å². The molecule has 140 valence electrons. The van der Waals surface area contributed by atoms with Crippen LogP contribution >= 0.6 is 15.9 Å². The summed E-state index contributed by atoms with van der Waals surface area (Å²) < 4.78 is 6.39. The van der Waals surface area contributed by atoms with Gasteiger partial charge in [0.15, 0.2) is 0 Å². The quantitative estimate of drug-likeness (QED) is 0.660. The second-order valence-electron chi connectivity index (χ2n) is 6.61. The molecule has 0 bridgehead atoms. The van der Waals surface area contributed by atoms with Crippen LogP contribution in [0.1, 0.15) is 53.3 Å². The average Bonchev–Trinajstić information content (AvgIpc) is 2.86. The van der Waals surface area contributed by atoms with E-state index in [1.54, 1.807) is 18.2 Å². The molecule has 1 unspecified atom stereocenters. The number of piperidine rings is 1. The summed E-state index contributed by atoms with van der Waals surface area (Å²) in [5, 5.41) is 0. The molecule has 1 atom stereocenters. The number of imide groups is 1. The third-order valence-electron chi connectivity index (χ3n) is 4.84. The topological polar surface area (TPSA) is 66.9 Å². The Morgan fingerprint density at radius 2 is 2.04 bits per heavy atom. The first kappa shape index (κ1) is 19.0. The molecule has 1 aromatic carbocycles. The van der Waals surface area contributed by atoms with Gasteiger partial charge in [-0.2, -0.15) is 0 Å². The lowest BCUT2D eigenvalue weighted by Gasteiger charge is -2.32. The third kappa shape index (κ3) is 3.99. The maximum Gasteiger partial charge on any atom is 0.261 e. The molecule has 7 heteroatoms. The minimum atomic E-state index is -0.284. The summed E-state index contributed by atoms with van der Waals surface area (Å²) in [6.07, 6.45) is 2.86. The Morgan fingerprint density at radius 1 is 1.27 bits per heavy atom. The van der Waals surface area contributed by atoms with Crippen LogP contribution in [0.3, 0.4) is 0 Å². The van der Waals surface area contributed by atoms with E-state index >= 15 is 0 Å². The van der Waals surface area contributed by atoms with Crippen molar-refractivity contribution in [3.05, 3.63) is 33.8 Å². The number of hydrogen-bond acceptors (Lipinski definition) is 4. The van der Waals surface area contributed by atoms with Crippen LogP contribution in [0.4, 0.5) is 0 Å². The summed E-state index contributed by atoms with van der Waals surface area (Å²) in [6, 6.07) is 5.08. The summed E-state index contributed by atoms with van der Waals surface area (Å²) >= 11 is 3.32. The van der Waals surface area contributed by atoms with Crippen molar-refractivity contribution in [1.82, 2.24) is 9.80 Å². The number of amides is 3. The molecule has 1 fully saturated rings. The molecular formula is C19H23BrN2O4. The van der Waals surface area contributed by atoms with E-state index in [0.29, 0.717) is 37.1 Å². The number of halogens is 1. The Morgan fingerprint density at radius 3 is 2.81 bits per heavy atom. The minimum absolute atomic E-state index is 0.0637. The molecule has 3 rings (SSSR count). The van der Waals surface area contributed by atoms with Crippen molar-refractivity contribution in [3.8, 4) is 0 Å². The van der Waals surface area contributed by atoms with Crippen LogP contribution in [0.15, 0.2) is 22.7 Å². The Balaban J connectivity index is 1.51. The Bertz CT molecular complexity index is 719. The zero-order valence-corrected chi connectivity index (χ0v) is 16.5.